The second-order valence-electron chi connectivity index (χ2n) is 10.9. The molecule has 3 aliphatic rings. The van der Waals surface area contributed by atoms with E-state index in [0.29, 0.717) is 44.0 Å². The van der Waals surface area contributed by atoms with Crippen LogP contribution in [0.15, 0.2) is 0 Å². The van der Waals surface area contributed by atoms with Gasteiger partial charge in [0.05, 0.1) is 25.4 Å². The van der Waals surface area contributed by atoms with Crippen LogP contribution >= 0.6 is 0 Å². The fourth-order valence-electron chi connectivity index (χ4n) is 5.55. The Morgan fingerprint density at radius 1 is 1.08 bits per heavy atom. The van der Waals surface area contributed by atoms with Crippen molar-refractivity contribution < 1.29 is 39.1 Å². The summed E-state index contributed by atoms with van der Waals surface area (Å²) in [5, 5.41) is 32.3. The average Bonchev–Trinajstić information content (AvgIpc) is 3.27. The summed E-state index contributed by atoms with van der Waals surface area (Å²) in [6.45, 7) is 7.07. The molecule has 36 heavy (non-hydrogen) atoms. The van der Waals surface area contributed by atoms with Crippen LogP contribution in [0.4, 0.5) is 0 Å². The Morgan fingerprint density at radius 3 is 2.50 bits per heavy atom. The van der Waals surface area contributed by atoms with Crippen molar-refractivity contribution in [3.8, 4) is 0 Å². The largest absolute Gasteiger partial charge is 0.394 e. The Hall–Kier alpha value is -1.30. The van der Waals surface area contributed by atoms with E-state index >= 15 is 0 Å². The second kappa shape index (κ2) is 14.0. The summed E-state index contributed by atoms with van der Waals surface area (Å²) in [4.78, 5) is 26.3. The van der Waals surface area contributed by atoms with E-state index in [-0.39, 0.29) is 17.9 Å². The molecule has 0 bridgehead atoms. The van der Waals surface area contributed by atoms with E-state index in [4.69, 9.17) is 14.2 Å². The lowest BCUT2D eigenvalue weighted by Gasteiger charge is -2.42. The molecule has 2 aliphatic heterocycles. The lowest BCUT2D eigenvalue weighted by Crippen LogP contribution is -2.64. The molecule has 1 saturated carbocycles. The SMILES string of the molecule is CC(=O)NC1C(OCCCCCC(=O)N2CCC[C@H]2COC2CCC2C(C)C)OC(CO)C(O)C1O. The molecule has 0 aromatic heterocycles. The lowest BCUT2D eigenvalue weighted by molar-refractivity contribution is -0.270. The minimum atomic E-state index is -1.33. The first-order valence-electron chi connectivity index (χ1n) is 13.6. The van der Waals surface area contributed by atoms with E-state index in [2.05, 4.69) is 19.2 Å². The van der Waals surface area contributed by atoms with Crippen molar-refractivity contribution in [1.82, 2.24) is 10.2 Å². The number of aliphatic hydroxyl groups excluding tert-OH is 3. The summed E-state index contributed by atoms with van der Waals surface area (Å²) >= 11 is 0. The fourth-order valence-corrected chi connectivity index (χ4v) is 5.55. The summed E-state index contributed by atoms with van der Waals surface area (Å²) in [6.07, 6.45) is 2.80. The molecule has 10 nitrogen and oxygen atoms in total. The van der Waals surface area contributed by atoms with Gasteiger partial charge in [-0.1, -0.05) is 20.3 Å². The van der Waals surface area contributed by atoms with Crippen molar-refractivity contribution >= 4 is 11.8 Å². The Morgan fingerprint density at radius 2 is 1.86 bits per heavy atom. The van der Waals surface area contributed by atoms with E-state index in [9.17, 15) is 24.9 Å². The molecular formula is C26H46N2O8. The third kappa shape index (κ3) is 7.61. The molecule has 0 spiro atoms. The van der Waals surface area contributed by atoms with Gasteiger partial charge in [-0.2, -0.15) is 0 Å². The highest BCUT2D eigenvalue weighted by molar-refractivity contribution is 5.76. The van der Waals surface area contributed by atoms with Crippen molar-refractivity contribution in [2.75, 3.05) is 26.4 Å². The van der Waals surface area contributed by atoms with Crippen LogP contribution < -0.4 is 5.32 Å². The van der Waals surface area contributed by atoms with Gasteiger partial charge in [-0.05, 0) is 50.4 Å². The second-order valence-corrected chi connectivity index (χ2v) is 10.9. The van der Waals surface area contributed by atoms with Gasteiger partial charge >= 0.3 is 0 Å². The van der Waals surface area contributed by atoms with E-state index in [1.54, 1.807) is 0 Å². The highest BCUT2D eigenvalue weighted by atomic mass is 16.7. The smallest absolute Gasteiger partial charge is 0.222 e. The average molecular weight is 515 g/mol. The molecule has 1 aliphatic carbocycles. The third-order valence-corrected chi connectivity index (χ3v) is 7.89. The zero-order chi connectivity index (χ0) is 26.2. The monoisotopic (exact) mass is 514 g/mol. The normalized spacial score (nSPS) is 34.6. The van der Waals surface area contributed by atoms with Gasteiger partial charge in [-0.25, -0.2) is 0 Å². The Kier molecular flexibility index (Phi) is 11.4. The van der Waals surface area contributed by atoms with Gasteiger partial charge in [0.1, 0.15) is 24.4 Å². The van der Waals surface area contributed by atoms with Crippen LogP contribution in [0.1, 0.15) is 72.1 Å². The van der Waals surface area contributed by atoms with Crippen LogP contribution in [-0.4, -0.2) is 101 Å². The van der Waals surface area contributed by atoms with Crippen molar-refractivity contribution in [2.24, 2.45) is 11.8 Å². The maximum atomic E-state index is 12.8. The van der Waals surface area contributed by atoms with Gasteiger partial charge in [-0.3, -0.25) is 9.59 Å². The number of hydrogen-bond acceptors (Lipinski definition) is 8. The zero-order valence-corrected chi connectivity index (χ0v) is 22.0. The summed E-state index contributed by atoms with van der Waals surface area (Å²) in [6, 6.07) is -0.753. The van der Waals surface area contributed by atoms with Gasteiger partial charge in [0.25, 0.3) is 0 Å². The molecule has 0 aromatic rings. The van der Waals surface area contributed by atoms with Crippen LogP contribution in [0.25, 0.3) is 0 Å². The zero-order valence-electron chi connectivity index (χ0n) is 22.0. The van der Waals surface area contributed by atoms with E-state index in [1.165, 1.54) is 13.3 Å². The number of hydrogen-bond donors (Lipinski definition) is 4. The molecule has 3 rings (SSSR count). The number of rotatable bonds is 13. The molecule has 2 heterocycles. The number of nitrogens with one attached hydrogen (secondary N) is 1. The van der Waals surface area contributed by atoms with Crippen LogP contribution in [0.5, 0.6) is 0 Å². The first-order chi connectivity index (χ1) is 17.2. The predicted molar refractivity (Wildman–Crippen MR) is 132 cm³/mol. The standard InChI is InChI=1S/C26H46N2O8/c1-16(2)19-10-11-20(19)35-15-18-8-7-12-28(18)22(31)9-5-4-6-13-34-26-23(27-17(3)30)25(33)24(32)21(14-29)36-26/h16,18-21,23-26,29,32-33H,4-15H2,1-3H3,(H,27,30)/t18-,19?,20?,21?,23?,24?,25?,26?/m0/s1. The van der Waals surface area contributed by atoms with Crippen LogP contribution in [0.2, 0.25) is 0 Å². The van der Waals surface area contributed by atoms with Crippen molar-refractivity contribution in [3.05, 3.63) is 0 Å². The van der Waals surface area contributed by atoms with Crippen molar-refractivity contribution in [3.63, 3.8) is 0 Å². The topological polar surface area (TPSA) is 138 Å². The molecule has 8 atom stereocenters. The minimum Gasteiger partial charge on any atom is -0.394 e. The van der Waals surface area contributed by atoms with E-state index in [0.717, 1.165) is 38.6 Å². The summed E-state index contributed by atoms with van der Waals surface area (Å²) in [5.41, 5.74) is 0. The number of amides is 2. The van der Waals surface area contributed by atoms with Crippen LogP contribution in [-0.2, 0) is 23.8 Å². The van der Waals surface area contributed by atoms with Crippen LogP contribution in [0, 0.1) is 11.8 Å². The molecular weight excluding hydrogens is 468 g/mol. The van der Waals surface area contributed by atoms with Crippen LogP contribution in [0.3, 0.4) is 0 Å². The quantitative estimate of drug-likeness (QED) is 0.267. The molecule has 10 heteroatoms. The lowest BCUT2D eigenvalue weighted by atomic mass is 9.74. The first kappa shape index (κ1) is 29.3. The van der Waals surface area contributed by atoms with E-state index in [1.807, 2.05) is 4.90 Å². The minimum absolute atomic E-state index is 0.181. The van der Waals surface area contributed by atoms with Gasteiger partial charge in [0.15, 0.2) is 6.29 Å². The Labute approximate surface area is 214 Å². The molecule has 7 unspecified atom stereocenters. The molecule has 0 aromatic carbocycles. The molecule has 0 radical (unpaired) electrons. The third-order valence-electron chi connectivity index (χ3n) is 7.89. The maximum Gasteiger partial charge on any atom is 0.222 e. The van der Waals surface area contributed by atoms with Gasteiger partial charge < -0.3 is 39.7 Å². The predicted octanol–water partition coefficient (Wildman–Crippen LogP) is 0.949. The molecule has 2 amide bonds. The Bertz CT molecular complexity index is 707. The first-order valence-corrected chi connectivity index (χ1v) is 13.6. The number of nitrogens with zero attached hydrogens (tertiary/aromatic N) is 1. The highest BCUT2D eigenvalue weighted by Crippen LogP contribution is 2.36. The van der Waals surface area contributed by atoms with E-state index < -0.39 is 37.3 Å². The van der Waals surface area contributed by atoms with Crippen molar-refractivity contribution in [1.29, 1.82) is 0 Å². The summed E-state index contributed by atoms with van der Waals surface area (Å²) in [5.74, 6) is 1.08. The number of ether oxygens (including phenoxy) is 3. The van der Waals surface area contributed by atoms with Gasteiger partial charge in [0, 0.05) is 26.5 Å². The summed E-state index contributed by atoms with van der Waals surface area (Å²) < 4.78 is 17.5. The van der Waals surface area contributed by atoms with Gasteiger partial charge in [0.2, 0.25) is 11.8 Å². The molecule has 4 N–H and O–H groups in total. The number of likely N-dealkylation sites (tertiary alicyclic amines) is 1. The fraction of sp³-hybridized carbons (Fsp3) is 0.923. The number of carbonyl (C=O) groups excluding carboxylic acids is 2. The molecule has 3 fully saturated rings. The number of carbonyl (C=O) groups is 2. The Balaban J connectivity index is 1.34. The number of aliphatic hydroxyl groups is 3. The summed E-state index contributed by atoms with van der Waals surface area (Å²) in [7, 11) is 0. The number of unbranched alkanes of at least 4 members (excludes halogenated alkanes) is 2. The molecule has 2 saturated heterocycles. The highest BCUT2D eigenvalue weighted by Gasteiger charge is 2.45. The van der Waals surface area contributed by atoms with Crippen molar-refractivity contribution in [2.45, 2.75) is 115 Å². The maximum absolute atomic E-state index is 12.8. The molecule has 208 valence electrons. The van der Waals surface area contributed by atoms with Gasteiger partial charge in [-0.15, -0.1) is 0 Å².